The number of nitrogens with two attached hydrogens (primary N) is 2. The third-order valence-electron chi connectivity index (χ3n) is 1.38. The molecule has 0 atom stereocenters. The average Bonchev–Trinajstić information content (AvgIpc) is 2.01. The molecule has 0 spiro atoms. The first kappa shape index (κ1) is 9.69. The number of hydrogen-bond donors (Lipinski definition) is 2. The first-order chi connectivity index (χ1) is 5.91. The van der Waals surface area contributed by atoms with Crippen molar-refractivity contribution in [1.29, 1.82) is 0 Å². The fourth-order valence-electron chi connectivity index (χ4n) is 0.830. The lowest BCUT2D eigenvalue weighted by atomic mass is 10.2. The molecule has 0 aliphatic rings. The van der Waals surface area contributed by atoms with Gasteiger partial charge in [0.15, 0.2) is 0 Å². The summed E-state index contributed by atoms with van der Waals surface area (Å²) in [6.45, 7) is 0. The molecular weight excluding hydrogens is 192 g/mol. The first-order valence-corrected chi connectivity index (χ1v) is 4.88. The van der Waals surface area contributed by atoms with Gasteiger partial charge in [0.05, 0.1) is 0 Å². The maximum Gasteiger partial charge on any atom is 0.291 e. The number of nitrogen functional groups attached to an aromatic ring is 1. The van der Waals surface area contributed by atoms with Crippen LogP contribution in [0.1, 0.15) is 10.4 Å². The highest BCUT2D eigenvalue weighted by Gasteiger charge is 2.18. The lowest BCUT2D eigenvalue weighted by Crippen LogP contribution is -2.23. The predicted octanol–water partition coefficient (Wildman–Crippen LogP) is -0.302. The monoisotopic (exact) mass is 200 g/mol. The minimum absolute atomic E-state index is 0.0255. The summed E-state index contributed by atoms with van der Waals surface area (Å²) in [4.78, 5) is 11.0. The van der Waals surface area contributed by atoms with Crippen LogP contribution in [0.15, 0.2) is 24.3 Å². The molecule has 70 valence electrons. The van der Waals surface area contributed by atoms with Gasteiger partial charge in [0.25, 0.3) is 15.1 Å². The quantitative estimate of drug-likeness (QED) is 0.607. The molecule has 0 saturated carbocycles. The number of primary sulfonamides is 1. The van der Waals surface area contributed by atoms with Crippen molar-refractivity contribution in [3.63, 3.8) is 0 Å². The third kappa shape index (κ3) is 2.27. The van der Waals surface area contributed by atoms with E-state index in [0.29, 0.717) is 5.69 Å². The minimum atomic E-state index is -4.17. The van der Waals surface area contributed by atoms with Crippen LogP contribution >= 0.6 is 0 Å². The van der Waals surface area contributed by atoms with E-state index in [1.165, 1.54) is 18.2 Å². The van der Waals surface area contributed by atoms with E-state index in [-0.39, 0.29) is 5.56 Å². The highest BCUT2D eigenvalue weighted by Crippen LogP contribution is 2.08. The van der Waals surface area contributed by atoms with Gasteiger partial charge in [-0.15, -0.1) is 0 Å². The van der Waals surface area contributed by atoms with Gasteiger partial charge in [-0.1, -0.05) is 12.1 Å². The van der Waals surface area contributed by atoms with Crippen molar-refractivity contribution in [3.8, 4) is 0 Å². The van der Waals surface area contributed by atoms with E-state index in [4.69, 9.17) is 5.73 Å². The van der Waals surface area contributed by atoms with E-state index >= 15 is 0 Å². The maximum absolute atomic E-state index is 11.0. The summed E-state index contributed by atoms with van der Waals surface area (Å²) in [6, 6.07) is 5.61. The van der Waals surface area contributed by atoms with Crippen LogP contribution in [0, 0.1) is 0 Å². The van der Waals surface area contributed by atoms with Crippen molar-refractivity contribution in [2.75, 3.05) is 5.73 Å². The number of rotatable bonds is 1. The molecule has 0 unspecified atom stereocenters. The van der Waals surface area contributed by atoms with E-state index in [0.717, 1.165) is 0 Å². The Kier molecular flexibility index (Phi) is 2.35. The van der Waals surface area contributed by atoms with Gasteiger partial charge in [0.2, 0.25) is 0 Å². The van der Waals surface area contributed by atoms with Gasteiger partial charge in [0, 0.05) is 11.3 Å². The highest BCUT2D eigenvalue weighted by atomic mass is 32.2. The molecule has 0 amide bonds. The Balaban J connectivity index is 3.18. The molecule has 0 heterocycles. The van der Waals surface area contributed by atoms with Crippen LogP contribution in [0.2, 0.25) is 0 Å². The fourth-order valence-corrected chi connectivity index (χ4v) is 1.29. The van der Waals surface area contributed by atoms with Gasteiger partial charge in [-0.2, -0.15) is 0 Å². The Labute approximate surface area is 75.4 Å². The summed E-state index contributed by atoms with van der Waals surface area (Å²) in [5.74, 6) is 0. The molecule has 6 heteroatoms. The average molecular weight is 200 g/mol. The van der Waals surface area contributed by atoms with E-state index in [1.807, 2.05) is 0 Å². The summed E-state index contributed by atoms with van der Waals surface area (Å²) in [7, 11) is -4.17. The molecule has 0 aromatic heterocycles. The Morgan fingerprint density at radius 1 is 1.31 bits per heavy atom. The zero-order valence-electron chi connectivity index (χ0n) is 6.60. The molecule has 0 bridgehead atoms. The Hall–Kier alpha value is -1.40. The second-order valence-corrected chi connectivity index (χ2v) is 3.92. The van der Waals surface area contributed by atoms with Crippen molar-refractivity contribution in [1.82, 2.24) is 0 Å². The largest absolute Gasteiger partial charge is 0.399 e. The van der Waals surface area contributed by atoms with Gasteiger partial charge < -0.3 is 5.73 Å². The van der Waals surface area contributed by atoms with Gasteiger partial charge in [0.1, 0.15) is 0 Å². The second kappa shape index (κ2) is 3.15. The maximum atomic E-state index is 11.0. The Morgan fingerprint density at radius 3 is 2.38 bits per heavy atom. The van der Waals surface area contributed by atoms with Crippen LogP contribution in [0.4, 0.5) is 5.69 Å². The molecule has 0 radical (unpaired) electrons. The van der Waals surface area contributed by atoms with E-state index in [2.05, 4.69) is 5.14 Å². The molecule has 4 N–H and O–H groups in total. The van der Waals surface area contributed by atoms with E-state index in [1.54, 1.807) is 6.07 Å². The molecule has 13 heavy (non-hydrogen) atoms. The Morgan fingerprint density at radius 2 is 1.92 bits per heavy atom. The topological polar surface area (TPSA) is 103 Å². The number of benzene rings is 1. The smallest absolute Gasteiger partial charge is 0.291 e. The van der Waals surface area contributed by atoms with Gasteiger partial charge in [-0.25, -0.2) is 13.6 Å². The van der Waals surface area contributed by atoms with Crippen LogP contribution < -0.4 is 10.9 Å². The van der Waals surface area contributed by atoms with Crippen LogP contribution in [0.3, 0.4) is 0 Å². The molecule has 5 nitrogen and oxygen atoms in total. The number of anilines is 1. The molecule has 1 aromatic rings. The second-order valence-electron chi connectivity index (χ2n) is 2.46. The summed E-state index contributed by atoms with van der Waals surface area (Å²) in [5.41, 5.74) is 5.64. The SMILES string of the molecule is Nc1cccc(C(=O)S(N)(=O)=O)c1. The molecule has 0 fully saturated rings. The predicted molar refractivity (Wildman–Crippen MR) is 48.3 cm³/mol. The van der Waals surface area contributed by atoms with Crippen molar-refractivity contribution in [3.05, 3.63) is 29.8 Å². The van der Waals surface area contributed by atoms with E-state index < -0.39 is 15.1 Å². The molecule has 1 aromatic carbocycles. The molecular formula is C7H8N2O3S. The molecule has 0 aliphatic heterocycles. The summed E-state index contributed by atoms with van der Waals surface area (Å²) >= 11 is 0. The standard InChI is InChI=1S/C7H8N2O3S/c8-6-3-1-2-5(4-6)7(10)13(9,11)12/h1-4H,8H2,(H2,9,11,12). The number of carbonyl (C=O) groups is 1. The fraction of sp³-hybridized carbons (Fsp3) is 0. The van der Waals surface area contributed by atoms with Crippen LogP contribution in [-0.2, 0) is 10.0 Å². The van der Waals surface area contributed by atoms with Crippen LogP contribution in [0.25, 0.3) is 0 Å². The number of carbonyl (C=O) groups excluding carboxylic acids is 1. The van der Waals surface area contributed by atoms with Crippen LogP contribution in [0.5, 0.6) is 0 Å². The minimum Gasteiger partial charge on any atom is -0.399 e. The van der Waals surface area contributed by atoms with Crippen molar-refractivity contribution in [2.24, 2.45) is 5.14 Å². The summed E-state index contributed by atoms with van der Waals surface area (Å²) in [6.07, 6.45) is 0. The lowest BCUT2D eigenvalue weighted by Gasteiger charge is -1.98. The van der Waals surface area contributed by atoms with Crippen LogP contribution in [-0.4, -0.2) is 13.5 Å². The number of sulfonamides is 1. The van der Waals surface area contributed by atoms with E-state index in [9.17, 15) is 13.2 Å². The van der Waals surface area contributed by atoms with Gasteiger partial charge in [-0.3, -0.25) is 4.79 Å². The summed E-state index contributed by atoms with van der Waals surface area (Å²) < 4.78 is 21.3. The molecule has 1 rings (SSSR count). The zero-order chi connectivity index (χ0) is 10.1. The van der Waals surface area contributed by atoms with Gasteiger partial charge in [-0.05, 0) is 12.1 Å². The third-order valence-corrected chi connectivity index (χ3v) is 2.13. The summed E-state index contributed by atoms with van der Waals surface area (Å²) in [5, 5.41) is 3.52. The highest BCUT2D eigenvalue weighted by molar-refractivity contribution is 8.04. The van der Waals surface area contributed by atoms with Gasteiger partial charge >= 0.3 is 0 Å². The molecule has 0 saturated heterocycles. The zero-order valence-corrected chi connectivity index (χ0v) is 7.41. The van der Waals surface area contributed by atoms with Crippen molar-refractivity contribution >= 4 is 20.8 Å². The van der Waals surface area contributed by atoms with Crippen molar-refractivity contribution < 1.29 is 13.2 Å². The van der Waals surface area contributed by atoms with Crippen molar-refractivity contribution in [2.45, 2.75) is 0 Å². The number of hydrogen-bond acceptors (Lipinski definition) is 4. The normalized spacial score (nSPS) is 11.2. The molecule has 0 aliphatic carbocycles. The first-order valence-electron chi connectivity index (χ1n) is 3.34. The lowest BCUT2D eigenvalue weighted by molar-refractivity contribution is 0.107. The Bertz CT molecular complexity index is 439.